The summed E-state index contributed by atoms with van der Waals surface area (Å²) >= 11 is 3.36. The molecule has 0 aliphatic carbocycles. The van der Waals surface area contributed by atoms with E-state index in [-0.39, 0.29) is 17.6 Å². The van der Waals surface area contributed by atoms with Gasteiger partial charge in [-0.05, 0) is 35.0 Å². The van der Waals surface area contributed by atoms with Crippen LogP contribution in [0.3, 0.4) is 0 Å². The molecule has 0 unspecified atom stereocenters. The predicted molar refractivity (Wildman–Crippen MR) is 96.8 cm³/mol. The number of aliphatic imine (C=N–C) groups is 1. The first-order valence-corrected chi connectivity index (χ1v) is 8.85. The van der Waals surface area contributed by atoms with Crippen LogP contribution in [0, 0.1) is 0 Å². The maximum Gasteiger partial charge on any atom is 0.416 e. The zero-order chi connectivity index (χ0) is 20.3. The summed E-state index contributed by atoms with van der Waals surface area (Å²) in [7, 11) is 0. The Morgan fingerprint density at radius 2 is 1.96 bits per heavy atom. The molecule has 3 aromatic rings. The number of alkyl halides is 3. The molecule has 0 spiro atoms. The van der Waals surface area contributed by atoms with Gasteiger partial charge < -0.3 is 10.4 Å². The lowest BCUT2D eigenvalue weighted by atomic mass is 10.1. The summed E-state index contributed by atoms with van der Waals surface area (Å²) in [4.78, 5) is 3.67. The number of amidine groups is 1. The third-order valence-electron chi connectivity index (χ3n) is 3.87. The largest absolute Gasteiger partial charge is 0.846 e. The van der Waals surface area contributed by atoms with Gasteiger partial charge in [-0.25, -0.2) is 4.99 Å². The quantitative estimate of drug-likeness (QED) is 0.369. The number of halogens is 4. The lowest BCUT2D eigenvalue weighted by Gasteiger charge is -2.14. The van der Waals surface area contributed by atoms with Crippen LogP contribution in [0.15, 0.2) is 68.7 Å². The predicted octanol–water partition coefficient (Wildman–Crippen LogP) is 3.81. The van der Waals surface area contributed by atoms with Crippen molar-refractivity contribution in [2.24, 2.45) is 4.99 Å². The monoisotopic (exact) mass is 454 g/mol. The summed E-state index contributed by atoms with van der Waals surface area (Å²) < 4.78 is 45.6. The summed E-state index contributed by atoms with van der Waals surface area (Å²) in [6.07, 6.45) is -3.07. The molecular weight excluding hydrogens is 441 g/mol. The van der Waals surface area contributed by atoms with Crippen molar-refractivity contribution in [3.8, 4) is 0 Å². The highest BCUT2D eigenvalue weighted by Crippen LogP contribution is 2.30. The Morgan fingerprint density at radius 3 is 2.64 bits per heavy atom. The van der Waals surface area contributed by atoms with Gasteiger partial charge in [0.2, 0.25) is 11.3 Å². The third-order valence-corrected chi connectivity index (χ3v) is 4.40. The van der Waals surface area contributed by atoms with Crippen molar-refractivity contribution in [1.82, 2.24) is 5.27 Å². The number of aromatic nitrogens is 2. The molecule has 3 rings (SSSR count). The Morgan fingerprint density at radius 1 is 1.25 bits per heavy atom. The average Bonchev–Trinajstić information content (AvgIpc) is 3.09. The van der Waals surface area contributed by atoms with Gasteiger partial charge in [0, 0.05) is 22.6 Å². The SMILES string of the molecule is C[C@@H](c1ccc(Br)cc1)[n+]1cc(N=C([O-])Nc2cccc(C(F)(F)F)c2)on1. The van der Waals surface area contributed by atoms with Crippen LogP contribution in [0.4, 0.5) is 24.7 Å². The average molecular weight is 455 g/mol. The van der Waals surface area contributed by atoms with E-state index in [4.69, 9.17) is 4.52 Å². The lowest BCUT2D eigenvalue weighted by molar-refractivity contribution is -0.774. The van der Waals surface area contributed by atoms with E-state index in [0.29, 0.717) is 0 Å². The zero-order valence-electron chi connectivity index (χ0n) is 14.4. The van der Waals surface area contributed by atoms with Crippen LogP contribution in [-0.2, 0) is 6.18 Å². The summed E-state index contributed by atoms with van der Waals surface area (Å²) in [6.45, 7) is 1.89. The normalized spacial score (nSPS) is 13.4. The van der Waals surface area contributed by atoms with Crippen molar-refractivity contribution in [1.29, 1.82) is 0 Å². The van der Waals surface area contributed by atoms with E-state index in [1.807, 2.05) is 31.2 Å². The van der Waals surface area contributed by atoms with Gasteiger partial charge >= 0.3 is 12.1 Å². The second-order valence-corrected chi connectivity index (χ2v) is 6.78. The van der Waals surface area contributed by atoms with Gasteiger partial charge in [0.25, 0.3) is 6.20 Å². The van der Waals surface area contributed by atoms with E-state index in [9.17, 15) is 18.3 Å². The van der Waals surface area contributed by atoms with Crippen molar-refractivity contribution in [3.63, 3.8) is 0 Å². The van der Waals surface area contributed by atoms with E-state index in [1.165, 1.54) is 23.0 Å². The van der Waals surface area contributed by atoms with Crippen molar-refractivity contribution in [2.75, 3.05) is 5.32 Å². The van der Waals surface area contributed by atoms with Crippen molar-refractivity contribution in [3.05, 3.63) is 70.3 Å². The van der Waals surface area contributed by atoms with Crippen molar-refractivity contribution in [2.45, 2.75) is 19.1 Å². The fourth-order valence-electron chi connectivity index (χ4n) is 2.40. The third kappa shape index (κ3) is 4.89. The highest BCUT2D eigenvalue weighted by molar-refractivity contribution is 9.10. The van der Waals surface area contributed by atoms with E-state index < -0.39 is 17.8 Å². The lowest BCUT2D eigenvalue weighted by Crippen LogP contribution is -2.39. The number of benzene rings is 2. The minimum absolute atomic E-state index is 0.0285. The van der Waals surface area contributed by atoms with Gasteiger partial charge in [0.15, 0.2) is 0 Å². The van der Waals surface area contributed by atoms with Crippen LogP contribution in [-0.4, -0.2) is 11.3 Å². The molecule has 28 heavy (non-hydrogen) atoms. The van der Waals surface area contributed by atoms with Gasteiger partial charge in [0.05, 0.1) is 11.6 Å². The van der Waals surface area contributed by atoms with Gasteiger partial charge in [-0.1, -0.05) is 34.1 Å². The molecule has 1 heterocycles. The van der Waals surface area contributed by atoms with E-state index in [0.717, 1.165) is 22.2 Å². The van der Waals surface area contributed by atoms with Crippen LogP contribution < -0.4 is 15.1 Å². The zero-order valence-corrected chi connectivity index (χ0v) is 16.0. The second kappa shape index (κ2) is 8.01. The number of nitrogens with one attached hydrogen (secondary N) is 1. The number of hydrogen-bond acceptors (Lipinski definition) is 4. The van der Waals surface area contributed by atoms with Crippen LogP contribution in [0.25, 0.3) is 0 Å². The molecule has 0 aliphatic heterocycles. The number of hydrogen-bond donors (Lipinski definition) is 1. The topological polar surface area (TPSA) is 77.4 Å². The molecule has 146 valence electrons. The molecule has 0 saturated heterocycles. The molecule has 0 fully saturated rings. The highest BCUT2D eigenvalue weighted by Gasteiger charge is 2.30. The Hall–Kier alpha value is -2.88. The first-order chi connectivity index (χ1) is 13.2. The van der Waals surface area contributed by atoms with Crippen LogP contribution in [0.5, 0.6) is 0 Å². The van der Waals surface area contributed by atoms with Crippen molar-refractivity contribution < 1.29 is 27.5 Å². The second-order valence-electron chi connectivity index (χ2n) is 5.87. The maximum atomic E-state index is 12.7. The Balaban J connectivity index is 1.73. The molecule has 0 saturated carbocycles. The smallest absolute Gasteiger partial charge is 0.416 e. The van der Waals surface area contributed by atoms with Crippen LogP contribution in [0.1, 0.15) is 24.1 Å². The highest BCUT2D eigenvalue weighted by atomic mass is 79.9. The van der Waals surface area contributed by atoms with Crippen LogP contribution in [0.2, 0.25) is 0 Å². The number of anilines is 1. The summed E-state index contributed by atoms with van der Waals surface area (Å²) in [6, 6.07) is 10.8. The standard InChI is InChI=1S/C18H14BrF3N4O2/c1-11(12-5-7-14(19)8-6-12)26-10-16(28-25-26)24-17(27)23-15-4-2-3-13(9-15)18(20,21)22/h2-11H,1H3,(H-,23,24,25,27)/t11-/m0/s1. The maximum absolute atomic E-state index is 12.7. The molecule has 1 aromatic heterocycles. The molecule has 10 heteroatoms. The first kappa shape index (κ1) is 19.9. The molecule has 2 aromatic carbocycles. The molecule has 0 bridgehead atoms. The van der Waals surface area contributed by atoms with Gasteiger partial charge in [-0.3, -0.25) is 4.52 Å². The molecule has 0 aliphatic rings. The Kier molecular flexibility index (Phi) is 5.68. The van der Waals surface area contributed by atoms with E-state index in [2.05, 4.69) is 31.5 Å². The Labute approximate surface area is 166 Å². The van der Waals surface area contributed by atoms with E-state index in [1.54, 1.807) is 0 Å². The summed E-state index contributed by atoms with van der Waals surface area (Å²) in [5.41, 5.74) is 0.0618. The minimum Gasteiger partial charge on any atom is -0.846 e. The molecular formula is C18H14BrF3N4O2. The minimum atomic E-state index is -4.50. The number of nitrogens with zero attached hydrogens (tertiary/aromatic N) is 3. The van der Waals surface area contributed by atoms with Crippen molar-refractivity contribution >= 4 is 33.5 Å². The van der Waals surface area contributed by atoms with Gasteiger partial charge in [0.1, 0.15) is 0 Å². The fraction of sp³-hybridized carbons (Fsp3) is 0.167. The summed E-state index contributed by atoms with van der Waals surface area (Å²) in [5.74, 6) is -0.0755. The molecule has 0 radical (unpaired) electrons. The molecule has 6 nitrogen and oxygen atoms in total. The van der Waals surface area contributed by atoms with E-state index >= 15 is 0 Å². The van der Waals surface area contributed by atoms with Gasteiger partial charge in [-0.15, -0.1) is 0 Å². The number of rotatable bonds is 4. The fourth-order valence-corrected chi connectivity index (χ4v) is 2.66. The first-order valence-electron chi connectivity index (χ1n) is 8.06. The van der Waals surface area contributed by atoms with Gasteiger partial charge in [-0.2, -0.15) is 13.2 Å². The summed E-state index contributed by atoms with van der Waals surface area (Å²) in [5, 5.41) is 18.1. The molecule has 0 amide bonds. The Bertz CT molecular complexity index is 987. The van der Waals surface area contributed by atoms with Crippen LogP contribution >= 0.6 is 15.9 Å². The molecule has 1 N–H and O–H groups in total. The molecule has 1 atom stereocenters.